The third-order valence-corrected chi connectivity index (χ3v) is 5.89. The maximum absolute atomic E-state index is 9.57. The van der Waals surface area contributed by atoms with Crippen LogP contribution in [-0.4, -0.2) is 54.2 Å². The van der Waals surface area contributed by atoms with Crippen molar-refractivity contribution < 1.29 is 5.11 Å². The van der Waals surface area contributed by atoms with Gasteiger partial charge in [-0.25, -0.2) is 0 Å². The summed E-state index contributed by atoms with van der Waals surface area (Å²) in [6, 6.07) is 8.80. The Morgan fingerprint density at radius 1 is 1.14 bits per heavy atom. The zero-order valence-corrected chi connectivity index (χ0v) is 19.5. The molecule has 1 saturated carbocycles. The molecule has 0 amide bonds. The van der Waals surface area contributed by atoms with Gasteiger partial charge in [0.1, 0.15) is 5.75 Å². The summed E-state index contributed by atoms with van der Waals surface area (Å²) in [6.07, 6.45) is 10.3. The van der Waals surface area contributed by atoms with Crippen molar-refractivity contribution in [2.45, 2.75) is 70.4 Å². The van der Waals surface area contributed by atoms with Crippen molar-refractivity contribution in [2.24, 2.45) is 4.99 Å². The van der Waals surface area contributed by atoms with Gasteiger partial charge in [0, 0.05) is 38.3 Å². The van der Waals surface area contributed by atoms with Crippen LogP contribution < -0.4 is 10.6 Å². The minimum atomic E-state index is 0. The molecular formula is C22H37IN4O. The number of phenolic OH excluding ortho intramolecular Hbond substituents is 1. The average Bonchev–Trinajstić information content (AvgIpc) is 2.69. The maximum Gasteiger partial charge on any atom is 0.191 e. The molecule has 0 aromatic heterocycles. The van der Waals surface area contributed by atoms with Gasteiger partial charge in [-0.15, -0.1) is 24.0 Å². The zero-order valence-electron chi connectivity index (χ0n) is 17.2. The van der Waals surface area contributed by atoms with Crippen LogP contribution in [0.1, 0.15) is 57.4 Å². The molecule has 0 atom stereocenters. The molecule has 2 aliphatic rings. The highest BCUT2D eigenvalue weighted by Crippen LogP contribution is 2.25. The molecule has 1 aliphatic carbocycles. The number of aliphatic imine (C=N–C) groups is 1. The number of hydrogen-bond acceptors (Lipinski definition) is 3. The number of aromatic hydroxyl groups is 1. The van der Waals surface area contributed by atoms with Crippen LogP contribution in [0.4, 0.5) is 0 Å². The van der Waals surface area contributed by atoms with Crippen molar-refractivity contribution in [2.75, 3.05) is 26.2 Å². The number of phenols is 1. The van der Waals surface area contributed by atoms with Gasteiger partial charge in [-0.1, -0.05) is 31.4 Å². The third-order valence-electron chi connectivity index (χ3n) is 5.89. The Morgan fingerprint density at radius 2 is 1.89 bits per heavy atom. The van der Waals surface area contributed by atoms with Gasteiger partial charge in [0.25, 0.3) is 0 Å². The van der Waals surface area contributed by atoms with Crippen molar-refractivity contribution in [1.29, 1.82) is 0 Å². The Balaban J connectivity index is 0.00000280. The second-order valence-corrected chi connectivity index (χ2v) is 7.93. The number of rotatable bonds is 6. The van der Waals surface area contributed by atoms with Gasteiger partial charge in [0.2, 0.25) is 0 Å². The van der Waals surface area contributed by atoms with Crippen molar-refractivity contribution in [3.05, 3.63) is 29.8 Å². The summed E-state index contributed by atoms with van der Waals surface area (Å²) in [6.45, 7) is 6.13. The fraction of sp³-hybridized carbons (Fsp3) is 0.682. The first-order valence-electron chi connectivity index (χ1n) is 10.8. The van der Waals surface area contributed by atoms with Gasteiger partial charge in [0.15, 0.2) is 5.96 Å². The lowest BCUT2D eigenvalue weighted by atomic mass is 9.92. The summed E-state index contributed by atoms with van der Waals surface area (Å²) in [5.74, 6) is 1.25. The minimum Gasteiger partial charge on any atom is -0.508 e. The van der Waals surface area contributed by atoms with E-state index in [0.717, 1.165) is 37.1 Å². The number of benzene rings is 1. The van der Waals surface area contributed by atoms with Crippen molar-refractivity contribution in [3.63, 3.8) is 0 Å². The molecule has 6 heteroatoms. The van der Waals surface area contributed by atoms with Crippen LogP contribution in [0.15, 0.2) is 29.3 Å². The van der Waals surface area contributed by atoms with E-state index in [2.05, 4.69) is 22.5 Å². The van der Waals surface area contributed by atoms with Gasteiger partial charge >= 0.3 is 0 Å². The highest BCUT2D eigenvalue weighted by Gasteiger charge is 2.26. The van der Waals surface area contributed by atoms with E-state index >= 15 is 0 Å². The maximum atomic E-state index is 9.57. The molecular weight excluding hydrogens is 463 g/mol. The van der Waals surface area contributed by atoms with E-state index in [9.17, 15) is 5.11 Å². The van der Waals surface area contributed by atoms with Crippen LogP contribution in [0.25, 0.3) is 0 Å². The first-order chi connectivity index (χ1) is 13.2. The predicted molar refractivity (Wildman–Crippen MR) is 128 cm³/mol. The molecule has 1 saturated heterocycles. The monoisotopic (exact) mass is 500 g/mol. The number of nitrogens with zero attached hydrogens (tertiary/aromatic N) is 2. The molecule has 158 valence electrons. The SMILES string of the molecule is CCNC(=NCCc1cccc(O)c1)NC1CCN(C2CCCCC2)CC1.I. The molecule has 1 aromatic carbocycles. The number of likely N-dealkylation sites (tertiary alicyclic amines) is 1. The molecule has 28 heavy (non-hydrogen) atoms. The molecule has 3 rings (SSSR count). The van der Waals surface area contributed by atoms with Crippen LogP contribution in [-0.2, 0) is 6.42 Å². The van der Waals surface area contributed by atoms with Crippen LogP contribution >= 0.6 is 24.0 Å². The van der Waals surface area contributed by atoms with Crippen molar-refractivity contribution >= 4 is 29.9 Å². The van der Waals surface area contributed by atoms with Gasteiger partial charge in [-0.05, 0) is 56.7 Å². The summed E-state index contributed by atoms with van der Waals surface area (Å²) in [5, 5.41) is 16.6. The zero-order chi connectivity index (χ0) is 18.9. The van der Waals surface area contributed by atoms with E-state index in [-0.39, 0.29) is 24.0 Å². The molecule has 5 nitrogen and oxygen atoms in total. The first kappa shape index (κ1) is 23.3. The normalized spacial score (nSPS) is 19.8. The smallest absolute Gasteiger partial charge is 0.191 e. The second kappa shape index (κ2) is 12.5. The van der Waals surface area contributed by atoms with E-state index in [0.29, 0.717) is 11.8 Å². The summed E-state index contributed by atoms with van der Waals surface area (Å²) in [5.41, 5.74) is 1.12. The fourth-order valence-corrected chi connectivity index (χ4v) is 4.38. The number of halogens is 1. The Morgan fingerprint density at radius 3 is 2.57 bits per heavy atom. The molecule has 1 aromatic rings. The molecule has 0 spiro atoms. The lowest BCUT2D eigenvalue weighted by Gasteiger charge is -2.39. The number of hydrogen-bond donors (Lipinski definition) is 3. The molecule has 0 bridgehead atoms. The molecule has 3 N–H and O–H groups in total. The molecule has 1 heterocycles. The standard InChI is InChI=1S/C22H36N4O.HI/c1-2-23-22(24-14-11-18-7-6-10-21(27)17-18)25-19-12-15-26(16-13-19)20-8-4-3-5-9-20;/h6-7,10,17,19-20,27H,2-5,8-9,11-16H2,1H3,(H2,23,24,25);1H. The summed E-state index contributed by atoms with van der Waals surface area (Å²) in [7, 11) is 0. The largest absolute Gasteiger partial charge is 0.508 e. The van der Waals surface area contributed by atoms with Gasteiger partial charge in [-0.3, -0.25) is 4.99 Å². The predicted octanol–water partition coefficient (Wildman–Crippen LogP) is 3.90. The number of piperidine rings is 1. The lowest BCUT2D eigenvalue weighted by molar-refractivity contribution is 0.119. The quantitative estimate of drug-likeness (QED) is 0.315. The van der Waals surface area contributed by atoms with Gasteiger partial charge in [-0.2, -0.15) is 0 Å². The second-order valence-electron chi connectivity index (χ2n) is 7.93. The average molecular weight is 500 g/mol. The summed E-state index contributed by atoms with van der Waals surface area (Å²) >= 11 is 0. The number of nitrogens with one attached hydrogen (secondary N) is 2. The van der Waals surface area contributed by atoms with E-state index < -0.39 is 0 Å². The topological polar surface area (TPSA) is 59.9 Å². The Bertz CT molecular complexity index is 596. The van der Waals surface area contributed by atoms with Crippen LogP contribution in [0.3, 0.4) is 0 Å². The third kappa shape index (κ3) is 7.43. The Hall–Kier alpha value is -1.02. The van der Waals surface area contributed by atoms with E-state index in [4.69, 9.17) is 4.99 Å². The molecule has 0 unspecified atom stereocenters. The highest BCUT2D eigenvalue weighted by molar-refractivity contribution is 14.0. The van der Waals surface area contributed by atoms with Crippen LogP contribution in [0.2, 0.25) is 0 Å². The number of guanidine groups is 1. The Labute approximate surface area is 187 Å². The van der Waals surface area contributed by atoms with Gasteiger partial charge in [0.05, 0.1) is 0 Å². The van der Waals surface area contributed by atoms with Crippen LogP contribution in [0, 0.1) is 0 Å². The lowest BCUT2D eigenvalue weighted by Crippen LogP contribution is -2.51. The van der Waals surface area contributed by atoms with Crippen LogP contribution in [0.5, 0.6) is 5.75 Å². The summed E-state index contributed by atoms with van der Waals surface area (Å²) < 4.78 is 0. The minimum absolute atomic E-state index is 0. The Kier molecular flexibility index (Phi) is 10.4. The summed E-state index contributed by atoms with van der Waals surface area (Å²) in [4.78, 5) is 7.47. The van der Waals surface area contributed by atoms with Crippen molar-refractivity contribution in [3.8, 4) is 5.75 Å². The van der Waals surface area contributed by atoms with E-state index in [1.807, 2.05) is 18.2 Å². The van der Waals surface area contributed by atoms with Gasteiger partial charge < -0.3 is 20.6 Å². The van der Waals surface area contributed by atoms with E-state index in [1.54, 1.807) is 6.07 Å². The molecule has 1 aliphatic heterocycles. The van der Waals surface area contributed by atoms with E-state index in [1.165, 1.54) is 58.0 Å². The van der Waals surface area contributed by atoms with Crippen molar-refractivity contribution in [1.82, 2.24) is 15.5 Å². The molecule has 2 fully saturated rings. The molecule has 0 radical (unpaired) electrons. The highest BCUT2D eigenvalue weighted by atomic mass is 127. The fourth-order valence-electron chi connectivity index (χ4n) is 4.38. The first-order valence-corrected chi connectivity index (χ1v) is 10.8.